The molecule has 2 aromatic carbocycles. The number of hydrogen-bond donors (Lipinski definition) is 2. The van der Waals surface area contributed by atoms with Crippen LogP contribution in [0.25, 0.3) is 5.69 Å². The predicted octanol–water partition coefficient (Wildman–Crippen LogP) is 3.58. The smallest absolute Gasteiger partial charge is 0.370 e. The number of hydrogen-bond acceptors (Lipinski definition) is 7. The van der Waals surface area contributed by atoms with Gasteiger partial charge in [0.05, 0.1) is 12.8 Å². The molecule has 1 N–H and O–H groups in total. The number of anilines is 1. The fraction of sp³-hybridized carbons (Fsp3) is 0.320. The first-order chi connectivity index (χ1) is 16.3. The molecule has 0 fully saturated rings. The third kappa shape index (κ3) is 4.28. The maximum Gasteiger partial charge on any atom is 0.370 e. The van der Waals surface area contributed by atoms with Crippen molar-refractivity contribution >= 4 is 30.5 Å². The monoisotopic (exact) mass is 480 g/mol. The van der Waals surface area contributed by atoms with Gasteiger partial charge in [0.1, 0.15) is 11.4 Å². The Kier molecular flexibility index (Phi) is 6.67. The van der Waals surface area contributed by atoms with Crippen molar-refractivity contribution in [1.82, 2.24) is 15.1 Å². The number of ether oxygens (including phenoxy) is 1. The number of carbonyl (C=O) groups is 2. The van der Waals surface area contributed by atoms with E-state index >= 15 is 0 Å². The average Bonchev–Trinajstić information content (AvgIpc) is 3.24. The molecule has 1 aliphatic heterocycles. The first kappa shape index (κ1) is 23.8. The van der Waals surface area contributed by atoms with Gasteiger partial charge in [-0.3, -0.25) is 4.79 Å². The predicted molar refractivity (Wildman–Crippen MR) is 133 cm³/mol. The molecular formula is C25H28N4O4S. The lowest BCUT2D eigenvalue weighted by atomic mass is 9.84. The minimum atomic E-state index is -0.691. The van der Waals surface area contributed by atoms with Crippen LogP contribution in [0, 0.1) is 0 Å². The molecule has 0 aliphatic carbocycles. The van der Waals surface area contributed by atoms with Crippen molar-refractivity contribution in [2.75, 3.05) is 32.1 Å². The van der Waals surface area contributed by atoms with Crippen LogP contribution in [0.2, 0.25) is 0 Å². The summed E-state index contributed by atoms with van der Waals surface area (Å²) in [6, 6.07) is 15.2. The number of thiol groups is 1. The van der Waals surface area contributed by atoms with Gasteiger partial charge in [0.15, 0.2) is 5.69 Å². The highest BCUT2D eigenvalue weighted by atomic mass is 32.1. The van der Waals surface area contributed by atoms with Gasteiger partial charge in [-0.05, 0) is 55.4 Å². The summed E-state index contributed by atoms with van der Waals surface area (Å²) in [6.07, 6.45) is 0.461. The second-order valence-corrected chi connectivity index (χ2v) is 9.01. The number of benzene rings is 2. The van der Waals surface area contributed by atoms with Gasteiger partial charge in [-0.15, -0.1) is 0 Å². The van der Waals surface area contributed by atoms with E-state index in [2.05, 4.69) is 53.5 Å². The molecule has 1 aromatic heterocycles. The van der Waals surface area contributed by atoms with E-state index in [0.29, 0.717) is 35.7 Å². The number of carbonyl (C=O) groups excluding carboxylic acids is 2. The highest BCUT2D eigenvalue weighted by Gasteiger charge is 2.35. The van der Waals surface area contributed by atoms with Gasteiger partial charge in [-0.2, -0.15) is 5.10 Å². The van der Waals surface area contributed by atoms with Crippen LogP contribution in [0.5, 0.6) is 5.75 Å². The Morgan fingerprint density at radius 3 is 2.35 bits per heavy atom. The topological polar surface area (TPSA) is 85.7 Å². The van der Waals surface area contributed by atoms with Gasteiger partial charge >= 0.3 is 5.97 Å². The summed E-state index contributed by atoms with van der Waals surface area (Å²) in [6.45, 7) is 5.61. The summed E-state index contributed by atoms with van der Waals surface area (Å²) in [5.74, 6) is -0.247. The Labute approximate surface area is 204 Å². The lowest BCUT2D eigenvalue weighted by molar-refractivity contribution is 0.0764. The van der Waals surface area contributed by atoms with Crippen molar-refractivity contribution in [3.63, 3.8) is 0 Å². The Bertz CT molecular complexity index is 1200. The zero-order chi connectivity index (χ0) is 24.5. The van der Waals surface area contributed by atoms with E-state index in [-0.39, 0.29) is 17.0 Å². The largest absolute Gasteiger partial charge is 0.497 e. The highest BCUT2D eigenvalue weighted by molar-refractivity contribution is 7.75. The van der Waals surface area contributed by atoms with E-state index < -0.39 is 5.97 Å². The Morgan fingerprint density at radius 2 is 1.76 bits per heavy atom. The molecule has 0 spiro atoms. The molecule has 0 radical (unpaired) electrons. The fourth-order valence-electron chi connectivity index (χ4n) is 4.36. The number of likely N-dealkylation sites (N-methyl/N-ethyl adjacent to an activating group) is 1. The van der Waals surface area contributed by atoms with Crippen molar-refractivity contribution in [3.05, 3.63) is 71.0 Å². The van der Waals surface area contributed by atoms with Crippen LogP contribution in [0.15, 0.2) is 48.5 Å². The summed E-state index contributed by atoms with van der Waals surface area (Å²) in [7, 11) is 3.52. The lowest BCUT2D eigenvalue weighted by Gasteiger charge is -2.29. The quantitative estimate of drug-likeness (QED) is 0.397. The molecule has 0 unspecified atom stereocenters. The van der Waals surface area contributed by atoms with E-state index in [1.54, 1.807) is 36.3 Å². The molecular weight excluding hydrogens is 452 g/mol. The van der Waals surface area contributed by atoms with E-state index in [9.17, 15) is 9.59 Å². The number of nitrogens with zero attached hydrogens (tertiary/aromatic N) is 3. The third-order valence-electron chi connectivity index (χ3n) is 6.19. The number of rotatable bonds is 7. The molecule has 0 bridgehead atoms. The second kappa shape index (κ2) is 9.52. The van der Waals surface area contributed by atoms with Crippen LogP contribution < -0.4 is 15.0 Å². The minimum Gasteiger partial charge on any atom is -0.497 e. The number of fused-ring (bicyclic) bond motifs is 1. The van der Waals surface area contributed by atoms with E-state index in [1.807, 2.05) is 19.2 Å². The van der Waals surface area contributed by atoms with Crippen LogP contribution in [0.3, 0.4) is 0 Å². The molecule has 1 aliphatic rings. The van der Waals surface area contributed by atoms with Gasteiger partial charge in [-0.25, -0.2) is 9.48 Å². The van der Waals surface area contributed by atoms with Crippen LogP contribution in [-0.2, 0) is 16.0 Å². The minimum absolute atomic E-state index is 0.0402. The molecule has 0 saturated carbocycles. The Hall–Kier alpha value is -3.30. The maximum atomic E-state index is 13.7. The molecule has 34 heavy (non-hydrogen) atoms. The van der Waals surface area contributed by atoms with E-state index in [0.717, 1.165) is 12.2 Å². The summed E-state index contributed by atoms with van der Waals surface area (Å²) >= 11 is 3.65. The lowest BCUT2D eigenvalue weighted by Crippen LogP contribution is -2.39. The first-order valence-electron chi connectivity index (χ1n) is 11.0. The van der Waals surface area contributed by atoms with Crippen molar-refractivity contribution in [1.29, 1.82) is 0 Å². The van der Waals surface area contributed by atoms with Gasteiger partial charge in [0.2, 0.25) is 0 Å². The average molecular weight is 481 g/mol. The van der Waals surface area contributed by atoms with Crippen LogP contribution in [0.1, 0.15) is 46.0 Å². The summed E-state index contributed by atoms with van der Waals surface area (Å²) < 4.78 is 11.4. The van der Waals surface area contributed by atoms with Crippen molar-refractivity contribution < 1.29 is 18.5 Å². The zero-order valence-electron chi connectivity index (χ0n) is 19.7. The molecule has 8 nitrogen and oxygen atoms in total. The number of nitrogens with one attached hydrogen (secondary N) is 1. The Morgan fingerprint density at radius 1 is 1.12 bits per heavy atom. The normalized spacial score (nSPS) is 13.6. The zero-order valence-corrected chi connectivity index (χ0v) is 20.6. The van der Waals surface area contributed by atoms with Crippen molar-refractivity contribution in [3.8, 4) is 11.4 Å². The van der Waals surface area contributed by atoms with Crippen molar-refractivity contribution in [2.24, 2.45) is 0 Å². The van der Waals surface area contributed by atoms with Crippen LogP contribution in [0.4, 0.5) is 5.69 Å². The Balaban J connectivity index is 1.74. The molecule has 2 heterocycles. The standard InChI is InChI=1S/C25H28N4O4S/c1-25(2,15-26-3)16-5-7-17(8-6-16)28-14-13-20-21(24(31)33-34)27-29(22(20)23(28)30)18-9-11-19(32-4)12-10-18/h5-12,26,34H,13-15H2,1-4H3. The molecule has 1 amide bonds. The van der Waals surface area contributed by atoms with Crippen LogP contribution in [-0.4, -0.2) is 48.9 Å². The highest BCUT2D eigenvalue weighted by Crippen LogP contribution is 2.31. The second-order valence-electron chi connectivity index (χ2n) is 8.83. The van der Waals surface area contributed by atoms with E-state index in [1.165, 1.54) is 10.2 Å². The van der Waals surface area contributed by atoms with E-state index in [4.69, 9.17) is 4.74 Å². The number of amides is 1. The maximum absolute atomic E-state index is 13.7. The first-order valence-corrected chi connectivity index (χ1v) is 11.4. The van der Waals surface area contributed by atoms with Gasteiger partial charge in [0, 0.05) is 42.7 Å². The van der Waals surface area contributed by atoms with Gasteiger partial charge in [0.25, 0.3) is 5.91 Å². The number of methoxy groups -OCH3 is 1. The third-order valence-corrected chi connectivity index (χ3v) is 6.35. The molecule has 0 saturated heterocycles. The van der Waals surface area contributed by atoms with Crippen molar-refractivity contribution in [2.45, 2.75) is 25.7 Å². The van der Waals surface area contributed by atoms with Crippen LogP contribution >= 0.6 is 12.9 Å². The molecule has 9 heteroatoms. The van der Waals surface area contributed by atoms with Gasteiger partial charge in [-0.1, -0.05) is 26.0 Å². The molecule has 0 atom stereocenters. The molecule has 3 aromatic rings. The number of aromatic nitrogens is 2. The van der Waals surface area contributed by atoms with Gasteiger partial charge < -0.3 is 19.1 Å². The molecule has 178 valence electrons. The SMILES string of the molecule is CNCC(C)(C)c1ccc(N2CCc3c(C(=O)OS)nn(-c4ccc(OC)cc4)c3C2=O)cc1. The molecule has 4 rings (SSSR count). The summed E-state index contributed by atoms with van der Waals surface area (Å²) in [5.41, 5.74) is 3.56. The summed E-state index contributed by atoms with van der Waals surface area (Å²) in [4.78, 5) is 27.8. The summed E-state index contributed by atoms with van der Waals surface area (Å²) in [5, 5.41) is 7.65. The fourth-order valence-corrected chi connectivity index (χ4v) is 4.45.